The molecule has 0 radical (unpaired) electrons. The van der Waals surface area contributed by atoms with Crippen LogP contribution in [0.25, 0.3) is 0 Å². The first-order valence-electron chi connectivity index (χ1n) is 7.75. The second-order valence-corrected chi connectivity index (χ2v) is 7.43. The SMILES string of the molecule is COC[C@@H](C)NC(=S)NNC(=O)CCCCCN1C(=O)CSC1=S. The number of rotatable bonds is 9. The first kappa shape index (κ1) is 21.1. The van der Waals surface area contributed by atoms with Crippen LogP contribution in [0.3, 0.4) is 0 Å². The minimum atomic E-state index is -0.123. The van der Waals surface area contributed by atoms with Gasteiger partial charge in [0, 0.05) is 26.1 Å². The van der Waals surface area contributed by atoms with Crippen molar-refractivity contribution in [2.24, 2.45) is 0 Å². The molecule has 0 aliphatic carbocycles. The van der Waals surface area contributed by atoms with Crippen LogP contribution in [-0.2, 0) is 14.3 Å². The number of nitrogens with one attached hydrogen (secondary N) is 3. The van der Waals surface area contributed by atoms with Gasteiger partial charge in [-0.15, -0.1) is 0 Å². The van der Waals surface area contributed by atoms with Gasteiger partial charge in [0.25, 0.3) is 0 Å². The lowest BCUT2D eigenvalue weighted by atomic mass is 10.2. The lowest BCUT2D eigenvalue weighted by Gasteiger charge is -2.16. The fourth-order valence-electron chi connectivity index (χ4n) is 2.07. The molecule has 1 saturated heterocycles. The number of methoxy groups -OCH3 is 1. The van der Waals surface area contributed by atoms with Crippen molar-refractivity contribution in [3.8, 4) is 0 Å². The monoisotopic (exact) mass is 392 g/mol. The first-order valence-corrected chi connectivity index (χ1v) is 9.55. The number of hydrogen-bond acceptors (Lipinski definition) is 6. The predicted molar refractivity (Wildman–Crippen MR) is 104 cm³/mol. The number of carbonyl (C=O) groups excluding carboxylic acids is 2. The van der Waals surface area contributed by atoms with Crippen molar-refractivity contribution in [3.63, 3.8) is 0 Å². The third kappa shape index (κ3) is 8.22. The normalized spacial score (nSPS) is 15.3. The number of nitrogens with zero attached hydrogens (tertiary/aromatic N) is 1. The maximum atomic E-state index is 11.7. The van der Waals surface area contributed by atoms with Crippen LogP contribution in [0.4, 0.5) is 0 Å². The quantitative estimate of drug-likeness (QED) is 0.304. The van der Waals surface area contributed by atoms with Gasteiger partial charge in [0.05, 0.1) is 12.4 Å². The summed E-state index contributed by atoms with van der Waals surface area (Å²) in [6.45, 7) is 3.09. The molecule has 0 unspecified atom stereocenters. The van der Waals surface area contributed by atoms with E-state index >= 15 is 0 Å². The zero-order valence-electron chi connectivity index (χ0n) is 13.9. The number of amides is 2. The Morgan fingerprint density at radius 1 is 1.38 bits per heavy atom. The van der Waals surface area contributed by atoms with Crippen LogP contribution in [0.15, 0.2) is 0 Å². The summed E-state index contributed by atoms with van der Waals surface area (Å²) in [6, 6.07) is 0.0597. The van der Waals surface area contributed by atoms with E-state index in [1.807, 2.05) is 6.92 Å². The van der Waals surface area contributed by atoms with Gasteiger partial charge in [0.15, 0.2) is 5.11 Å². The molecular formula is C14H24N4O3S3. The predicted octanol–water partition coefficient (Wildman–Crippen LogP) is 0.937. The third-order valence-corrected chi connectivity index (χ3v) is 4.89. The second-order valence-electron chi connectivity index (χ2n) is 5.41. The van der Waals surface area contributed by atoms with Crippen LogP contribution < -0.4 is 16.2 Å². The van der Waals surface area contributed by atoms with Crippen LogP contribution in [0.2, 0.25) is 0 Å². The van der Waals surface area contributed by atoms with Gasteiger partial charge in [-0.2, -0.15) is 0 Å². The minimum Gasteiger partial charge on any atom is -0.383 e. The molecule has 0 bridgehead atoms. The summed E-state index contributed by atoms with van der Waals surface area (Å²) < 4.78 is 5.64. The molecule has 0 spiro atoms. The van der Waals surface area contributed by atoms with Crippen molar-refractivity contribution in [1.29, 1.82) is 0 Å². The average Bonchev–Trinajstić information content (AvgIpc) is 2.84. The number of hydrogen-bond donors (Lipinski definition) is 3. The van der Waals surface area contributed by atoms with Crippen LogP contribution in [0.1, 0.15) is 32.6 Å². The summed E-state index contributed by atoms with van der Waals surface area (Å²) in [6.07, 6.45) is 2.84. The topological polar surface area (TPSA) is 82.7 Å². The summed E-state index contributed by atoms with van der Waals surface area (Å²) in [7, 11) is 1.61. The zero-order valence-corrected chi connectivity index (χ0v) is 16.4. The standard InChI is InChI=1S/C14H24N4O3S3/c1-10(8-21-2)15-13(22)17-16-11(19)6-4-3-5-7-18-12(20)9-24-14(18)23/h10H,3-9H2,1-2H3,(H,16,19)(H2,15,17,22)/t10-/m1/s1. The van der Waals surface area contributed by atoms with E-state index in [1.165, 1.54) is 11.8 Å². The number of unbranched alkanes of at least 4 members (excludes halogenated alkanes) is 2. The Kier molecular flexibility index (Phi) is 10.2. The van der Waals surface area contributed by atoms with Gasteiger partial charge < -0.3 is 10.1 Å². The maximum absolute atomic E-state index is 11.7. The Morgan fingerprint density at radius 3 is 2.75 bits per heavy atom. The number of carbonyl (C=O) groups is 2. The van der Waals surface area contributed by atoms with Gasteiger partial charge in [0.2, 0.25) is 11.8 Å². The Labute approximate surface area is 157 Å². The van der Waals surface area contributed by atoms with Crippen LogP contribution in [-0.4, -0.2) is 58.2 Å². The largest absolute Gasteiger partial charge is 0.383 e. The van der Waals surface area contributed by atoms with E-state index in [9.17, 15) is 9.59 Å². The molecule has 3 N–H and O–H groups in total. The summed E-state index contributed by atoms with van der Waals surface area (Å²) in [4.78, 5) is 24.9. The molecule has 24 heavy (non-hydrogen) atoms. The number of ether oxygens (including phenoxy) is 1. The minimum absolute atomic E-state index is 0.0597. The fraction of sp³-hybridized carbons (Fsp3) is 0.714. The van der Waals surface area contributed by atoms with Crippen molar-refractivity contribution in [2.45, 2.75) is 38.6 Å². The summed E-state index contributed by atoms with van der Waals surface area (Å²) in [5.41, 5.74) is 5.22. The highest BCUT2D eigenvalue weighted by molar-refractivity contribution is 8.23. The molecule has 1 heterocycles. The summed E-state index contributed by atoms with van der Waals surface area (Å²) in [5.74, 6) is 0.404. The Morgan fingerprint density at radius 2 is 2.12 bits per heavy atom. The van der Waals surface area contributed by atoms with E-state index in [4.69, 9.17) is 29.2 Å². The highest BCUT2D eigenvalue weighted by Gasteiger charge is 2.25. The van der Waals surface area contributed by atoms with E-state index in [0.717, 1.165) is 19.3 Å². The Hall–Kier alpha value is -0.970. The van der Waals surface area contributed by atoms with Gasteiger partial charge in [-0.3, -0.25) is 25.3 Å². The second kappa shape index (κ2) is 11.6. The molecule has 1 atom stereocenters. The average molecular weight is 393 g/mol. The molecule has 1 fully saturated rings. The maximum Gasteiger partial charge on any atom is 0.238 e. The van der Waals surface area contributed by atoms with E-state index in [0.29, 0.717) is 34.8 Å². The molecule has 0 saturated carbocycles. The van der Waals surface area contributed by atoms with E-state index in [-0.39, 0.29) is 17.9 Å². The van der Waals surface area contributed by atoms with Crippen LogP contribution >= 0.6 is 36.2 Å². The molecule has 136 valence electrons. The highest BCUT2D eigenvalue weighted by atomic mass is 32.2. The lowest BCUT2D eigenvalue weighted by molar-refractivity contribution is -0.124. The van der Waals surface area contributed by atoms with Crippen LogP contribution in [0, 0.1) is 0 Å². The van der Waals surface area contributed by atoms with E-state index < -0.39 is 0 Å². The molecule has 10 heteroatoms. The molecule has 1 aliphatic rings. The van der Waals surface area contributed by atoms with Gasteiger partial charge in [-0.05, 0) is 32.0 Å². The summed E-state index contributed by atoms with van der Waals surface area (Å²) in [5, 5.41) is 3.33. The van der Waals surface area contributed by atoms with Gasteiger partial charge >= 0.3 is 0 Å². The summed E-state index contributed by atoms with van der Waals surface area (Å²) >= 11 is 11.6. The van der Waals surface area contributed by atoms with Gasteiger partial charge in [0.1, 0.15) is 4.32 Å². The molecule has 1 rings (SSSR count). The molecule has 2 amide bonds. The first-order chi connectivity index (χ1) is 11.4. The lowest BCUT2D eigenvalue weighted by Crippen LogP contribution is -2.49. The van der Waals surface area contributed by atoms with Gasteiger partial charge in [-0.25, -0.2) is 0 Å². The Balaban J connectivity index is 2.04. The Bertz CT molecular complexity index is 460. The zero-order chi connectivity index (χ0) is 17.9. The molecule has 0 aromatic carbocycles. The highest BCUT2D eigenvalue weighted by Crippen LogP contribution is 2.19. The molecule has 0 aromatic rings. The van der Waals surface area contributed by atoms with E-state index in [1.54, 1.807) is 12.0 Å². The van der Waals surface area contributed by atoms with E-state index in [2.05, 4.69) is 16.2 Å². The molecular weight excluding hydrogens is 368 g/mol. The van der Waals surface area contributed by atoms with Crippen molar-refractivity contribution in [2.75, 3.05) is 26.0 Å². The molecule has 0 aromatic heterocycles. The van der Waals surface area contributed by atoms with Gasteiger partial charge in [-0.1, -0.05) is 30.4 Å². The molecule has 1 aliphatic heterocycles. The molecule has 7 nitrogen and oxygen atoms in total. The number of thiocarbonyl (C=S) groups is 2. The van der Waals surface area contributed by atoms with Crippen molar-refractivity contribution in [1.82, 2.24) is 21.1 Å². The van der Waals surface area contributed by atoms with Crippen LogP contribution in [0.5, 0.6) is 0 Å². The smallest absolute Gasteiger partial charge is 0.238 e. The fourth-order valence-corrected chi connectivity index (χ4v) is 3.44. The third-order valence-electron chi connectivity index (χ3n) is 3.24. The van der Waals surface area contributed by atoms with Crippen molar-refractivity contribution < 1.29 is 14.3 Å². The number of hydrazine groups is 1. The van der Waals surface area contributed by atoms with Crippen molar-refractivity contribution in [3.05, 3.63) is 0 Å². The van der Waals surface area contributed by atoms with Crippen molar-refractivity contribution >= 4 is 57.4 Å². The number of thioether (sulfide) groups is 1.